The van der Waals surface area contributed by atoms with E-state index < -0.39 is 39.1 Å². The van der Waals surface area contributed by atoms with Gasteiger partial charge in [-0.25, -0.2) is 0 Å². The number of amides is 2. The van der Waals surface area contributed by atoms with Gasteiger partial charge in [-0.05, 0) is 13.0 Å². The Labute approximate surface area is 151 Å². The third-order valence-corrected chi connectivity index (χ3v) is 4.78. The number of nitrogens with zero attached hydrogens (tertiary/aromatic N) is 1. The molecule has 11 heteroatoms. The largest absolute Gasteiger partial charge is 0.455 e. The van der Waals surface area contributed by atoms with E-state index in [1.165, 1.54) is 25.1 Å². The van der Waals surface area contributed by atoms with Crippen LogP contribution in [0.1, 0.15) is 23.7 Å². The van der Waals surface area contributed by atoms with Crippen molar-refractivity contribution in [3.05, 3.63) is 39.9 Å². The second-order valence-electron chi connectivity index (χ2n) is 5.60. The number of hydrogen-bond acceptors (Lipinski definition) is 6. The van der Waals surface area contributed by atoms with Gasteiger partial charge in [0.15, 0.2) is 6.61 Å². The monoisotopic (exact) mass is 389 g/mol. The van der Waals surface area contributed by atoms with Gasteiger partial charge in [-0.15, -0.1) is 23.2 Å². The zero-order valence-electron chi connectivity index (χ0n) is 12.9. The molecule has 0 aromatic heterocycles. The van der Waals surface area contributed by atoms with Gasteiger partial charge in [-0.1, -0.05) is 6.07 Å². The molecule has 0 saturated heterocycles. The first-order valence-corrected chi connectivity index (χ1v) is 7.71. The molecule has 1 fully saturated rings. The van der Waals surface area contributed by atoms with Gasteiger partial charge < -0.3 is 4.74 Å². The van der Waals surface area contributed by atoms with E-state index in [9.17, 15) is 24.5 Å². The van der Waals surface area contributed by atoms with E-state index in [4.69, 9.17) is 27.9 Å². The summed E-state index contributed by atoms with van der Waals surface area (Å²) in [5, 5.41) is 10.7. The Kier molecular flexibility index (Phi) is 5.19. The number of esters is 1. The van der Waals surface area contributed by atoms with Crippen LogP contribution in [0.25, 0.3) is 0 Å². The number of hydrazine groups is 1. The minimum atomic E-state index is -1.21. The number of benzene rings is 1. The summed E-state index contributed by atoms with van der Waals surface area (Å²) in [6.45, 7) is 0.866. The molecular formula is C14H13Cl2N3O6. The molecule has 2 N–H and O–H groups in total. The van der Waals surface area contributed by atoms with Crippen LogP contribution in [0.3, 0.4) is 0 Å². The summed E-state index contributed by atoms with van der Waals surface area (Å²) in [6, 6.07) is 4.94. The number of hydrogen-bond donors (Lipinski definition) is 2. The molecule has 0 radical (unpaired) electrons. The van der Waals surface area contributed by atoms with Crippen molar-refractivity contribution in [2.24, 2.45) is 5.41 Å². The van der Waals surface area contributed by atoms with Gasteiger partial charge in [0.25, 0.3) is 17.5 Å². The van der Waals surface area contributed by atoms with Crippen LogP contribution in [0.15, 0.2) is 24.3 Å². The van der Waals surface area contributed by atoms with Crippen molar-refractivity contribution < 1.29 is 24.0 Å². The molecule has 134 valence electrons. The zero-order chi connectivity index (χ0) is 18.8. The van der Waals surface area contributed by atoms with Crippen molar-refractivity contribution in [3.8, 4) is 0 Å². The maximum absolute atomic E-state index is 11.8. The molecule has 1 aromatic rings. The highest BCUT2D eigenvalue weighted by atomic mass is 35.5. The van der Waals surface area contributed by atoms with Crippen LogP contribution in [0.4, 0.5) is 5.69 Å². The Hall–Kier alpha value is -2.39. The average Bonchev–Trinajstić information content (AvgIpc) is 3.09. The van der Waals surface area contributed by atoms with Gasteiger partial charge in [0.2, 0.25) is 0 Å². The van der Waals surface area contributed by atoms with Crippen LogP contribution in [0, 0.1) is 15.5 Å². The summed E-state index contributed by atoms with van der Waals surface area (Å²) in [6.07, 6.45) is 0.215. The molecule has 0 heterocycles. The minimum Gasteiger partial charge on any atom is -0.455 e. The van der Waals surface area contributed by atoms with E-state index in [1.54, 1.807) is 0 Å². The highest BCUT2D eigenvalue weighted by Crippen LogP contribution is 2.64. The molecule has 1 aliphatic rings. The highest BCUT2D eigenvalue weighted by molar-refractivity contribution is 6.53. The predicted octanol–water partition coefficient (Wildman–Crippen LogP) is 1.48. The highest BCUT2D eigenvalue weighted by Gasteiger charge is 2.69. The fourth-order valence-electron chi connectivity index (χ4n) is 1.91. The summed E-state index contributed by atoms with van der Waals surface area (Å²) in [5.41, 5.74) is 2.72. The van der Waals surface area contributed by atoms with Crippen molar-refractivity contribution in [2.45, 2.75) is 17.7 Å². The quantitative estimate of drug-likeness (QED) is 0.339. The summed E-state index contributed by atoms with van der Waals surface area (Å²) in [4.78, 5) is 45.2. The molecule has 2 rings (SSSR count). The number of carbonyl (C=O) groups is 3. The number of nitrogens with one attached hydrogen (secondary N) is 2. The van der Waals surface area contributed by atoms with Gasteiger partial charge in [0.05, 0.1) is 4.92 Å². The topological polar surface area (TPSA) is 128 Å². The smallest absolute Gasteiger partial charge is 0.315 e. The van der Waals surface area contributed by atoms with Gasteiger partial charge in [-0.3, -0.25) is 35.3 Å². The van der Waals surface area contributed by atoms with Crippen LogP contribution in [-0.2, 0) is 14.3 Å². The second kappa shape index (κ2) is 6.85. The van der Waals surface area contributed by atoms with Crippen LogP contribution < -0.4 is 10.9 Å². The number of alkyl halides is 2. The molecule has 1 aromatic carbocycles. The third-order valence-electron chi connectivity index (χ3n) is 3.68. The standard InChI is InChI=1S/C14H13Cl2N3O6/c1-13(7-14(13,15)16)12(22)25-6-10(20)17-18-11(21)8-3-2-4-9(5-8)19(23)24/h2-5H,6-7H2,1H3,(H,17,20)(H,18,21). The average molecular weight is 390 g/mol. The molecule has 2 amide bonds. The van der Waals surface area contributed by atoms with Gasteiger partial charge in [0, 0.05) is 24.1 Å². The molecule has 25 heavy (non-hydrogen) atoms. The number of non-ortho nitro benzene ring substituents is 1. The number of halogens is 2. The maximum Gasteiger partial charge on any atom is 0.315 e. The number of carbonyl (C=O) groups excluding carboxylic acids is 3. The molecule has 0 aliphatic heterocycles. The Bertz CT molecular complexity index is 754. The summed E-state index contributed by atoms with van der Waals surface area (Å²) >= 11 is 11.6. The van der Waals surface area contributed by atoms with E-state index in [2.05, 4.69) is 5.43 Å². The lowest BCUT2D eigenvalue weighted by Gasteiger charge is -2.12. The molecule has 9 nitrogen and oxygen atoms in total. The van der Waals surface area contributed by atoms with Gasteiger partial charge in [0.1, 0.15) is 9.75 Å². The lowest BCUT2D eigenvalue weighted by molar-refractivity contribution is -0.384. The summed E-state index contributed by atoms with van der Waals surface area (Å²) in [5.74, 6) is -2.29. The van der Waals surface area contributed by atoms with Crippen LogP contribution in [-0.4, -0.2) is 33.6 Å². The minimum absolute atomic E-state index is 0.0222. The Balaban J connectivity index is 1.80. The predicted molar refractivity (Wildman–Crippen MR) is 86.8 cm³/mol. The normalized spacial score (nSPS) is 20.3. The van der Waals surface area contributed by atoms with E-state index in [0.717, 1.165) is 6.07 Å². The maximum atomic E-state index is 11.8. The molecule has 1 saturated carbocycles. The molecule has 1 unspecified atom stereocenters. The Morgan fingerprint density at radius 3 is 2.52 bits per heavy atom. The molecular weight excluding hydrogens is 377 g/mol. The van der Waals surface area contributed by atoms with Crippen molar-refractivity contribution in [3.63, 3.8) is 0 Å². The van der Waals surface area contributed by atoms with E-state index in [-0.39, 0.29) is 17.7 Å². The lowest BCUT2D eigenvalue weighted by Crippen LogP contribution is -2.44. The first-order chi connectivity index (χ1) is 11.6. The van der Waals surface area contributed by atoms with Crippen LogP contribution >= 0.6 is 23.2 Å². The summed E-state index contributed by atoms with van der Waals surface area (Å²) in [7, 11) is 0. The van der Waals surface area contributed by atoms with E-state index in [1.807, 2.05) is 5.43 Å². The second-order valence-corrected chi connectivity index (χ2v) is 7.08. The molecule has 0 bridgehead atoms. The SMILES string of the molecule is CC1(C(=O)OCC(=O)NNC(=O)c2cccc([N+](=O)[O-])c2)CC1(Cl)Cl. The van der Waals surface area contributed by atoms with Crippen molar-refractivity contribution in [1.82, 2.24) is 10.9 Å². The van der Waals surface area contributed by atoms with Crippen molar-refractivity contribution in [1.29, 1.82) is 0 Å². The van der Waals surface area contributed by atoms with Gasteiger partial charge in [-0.2, -0.15) is 0 Å². The first-order valence-electron chi connectivity index (χ1n) is 6.95. The van der Waals surface area contributed by atoms with Crippen LogP contribution in [0.2, 0.25) is 0 Å². The number of nitro groups is 1. The van der Waals surface area contributed by atoms with Crippen molar-refractivity contribution in [2.75, 3.05) is 6.61 Å². The number of nitro benzene ring substituents is 1. The van der Waals surface area contributed by atoms with Gasteiger partial charge >= 0.3 is 5.97 Å². The Morgan fingerprint density at radius 2 is 1.96 bits per heavy atom. The molecule has 0 spiro atoms. The third kappa shape index (κ3) is 4.18. The van der Waals surface area contributed by atoms with Crippen molar-refractivity contribution >= 4 is 46.7 Å². The Morgan fingerprint density at radius 1 is 1.32 bits per heavy atom. The number of rotatable bonds is 5. The molecule has 1 aliphatic carbocycles. The lowest BCUT2D eigenvalue weighted by atomic mass is 10.1. The summed E-state index contributed by atoms with van der Waals surface area (Å²) < 4.78 is 3.58. The zero-order valence-corrected chi connectivity index (χ0v) is 14.4. The molecule has 1 atom stereocenters. The fraction of sp³-hybridized carbons (Fsp3) is 0.357. The van der Waals surface area contributed by atoms with E-state index in [0.29, 0.717) is 0 Å². The first kappa shape index (κ1) is 18.9. The van der Waals surface area contributed by atoms with E-state index >= 15 is 0 Å². The fourth-order valence-corrected chi connectivity index (χ4v) is 2.60. The number of ether oxygens (including phenoxy) is 1. The van der Waals surface area contributed by atoms with Crippen LogP contribution in [0.5, 0.6) is 0 Å².